The van der Waals surface area contributed by atoms with Gasteiger partial charge in [0.1, 0.15) is 5.75 Å². The number of amides is 1. The van der Waals surface area contributed by atoms with Crippen molar-refractivity contribution in [3.63, 3.8) is 0 Å². The van der Waals surface area contributed by atoms with Gasteiger partial charge in [-0.15, -0.1) is 13.2 Å². The van der Waals surface area contributed by atoms with Crippen LogP contribution in [-0.2, 0) is 0 Å². The van der Waals surface area contributed by atoms with Gasteiger partial charge in [-0.05, 0) is 42.9 Å². The lowest BCUT2D eigenvalue weighted by atomic mass is 10.2. The van der Waals surface area contributed by atoms with E-state index in [9.17, 15) is 18.0 Å². The summed E-state index contributed by atoms with van der Waals surface area (Å²) >= 11 is 1.98. The molecule has 1 amide bonds. The third-order valence-electron chi connectivity index (χ3n) is 4.57. The van der Waals surface area contributed by atoms with Crippen LogP contribution in [0.1, 0.15) is 23.2 Å². The molecule has 1 aromatic carbocycles. The molecule has 0 radical (unpaired) electrons. The summed E-state index contributed by atoms with van der Waals surface area (Å²) in [7, 11) is 0. The predicted octanol–water partition coefficient (Wildman–Crippen LogP) is 3.24. The molecule has 2 aliphatic heterocycles. The first kappa shape index (κ1) is 18.4. The minimum absolute atomic E-state index is 0.138. The molecule has 2 fully saturated rings. The zero-order chi connectivity index (χ0) is 17.9. The van der Waals surface area contributed by atoms with Crippen LogP contribution in [0.2, 0.25) is 0 Å². The first-order chi connectivity index (χ1) is 11.9. The maximum Gasteiger partial charge on any atom is 0.573 e. The Kier molecular flexibility index (Phi) is 5.78. The smallest absolute Gasteiger partial charge is 0.406 e. The van der Waals surface area contributed by atoms with Crippen LogP contribution in [0.3, 0.4) is 0 Å². The molecule has 0 bridgehead atoms. The molecule has 4 nitrogen and oxygen atoms in total. The van der Waals surface area contributed by atoms with Crippen molar-refractivity contribution in [2.24, 2.45) is 0 Å². The molecule has 1 atom stereocenters. The molecule has 1 aromatic rings. The van der Waals surface area contributed by atoms with Gasteiger partial charge in [-0.25, -0.2) is 0 Å². The molecular weight excluding hydrogens is 353 g/mol. The fourth-order valence-corrected chi connectivity index (χ4v) is 4.55. The number of carbonyl (C=O) groups is 1. The molecular formula is C17H21F3N2O2S. The molecule has 2 saturated heterocycles. The number of hydrogen-bond donors (Lipinski definition) is 0. The first-order valence-corrected chi connectivity index (χ1v) is 9.55. The fourth-order valence-electron chi connectivity index (χ4n) is 3.30. The van der Waals surface area contributed by atoms with Crippen LogP contribution >= 0.6 is 11.8 Å². The van der Waals surface area contributed by atoms with Gasteiger partial charge in [-0.3, -0.25) is 9.69 Å². The van der Waals surface area contributed by atoms with E-state index in [4.69, 9.17) is 0 Å². The number of carbonyl (C=O) groups excluding carboxylic acids is 1. The van der Waals surface area contributed by atoms with Crippen molar-refractivity contribution in [2.75, 3.05) is 37.7 Å². The van der Waals surface area contributed by atoms with Gasteiger partial charge in [0.05, 0.1) is 0 Å². The van der Waals surface area contributed by atoms with E-state index in [1.54, 1.807) is 4.90 Å². The standard InChI is InChI=1S/C17H21F3N2O2S/c18-17(19,20)24-15-4-2-13(3-5-15)16(23)22-8-1-7-21(9-10-22)14-6-11-25-12-14/h2-5,14H,1,6-12H2. The monoisotopic (exact) mass is 374 g/mol. The molecule has 0 aromatic heterocycles. The SMILES string of the molecule is O=C(c1ccc(OC(F)(F)F)cc1)N1CCCN(C2CCSC2)CC1. The minimum atomic E-state index is -4.72. The van der Waals surface area contributed by atoms with Gasteiger partial charge in [-0.2, -0.15) is 11.8 Å². The Morgan fingerprint density at radius 1 is 1.12 bits per heavy atom. The summed E-state index contributed by atoms with van der Waals surface area (Å²) in [5, 5.41) is 0. The van der Waals surface area contributed by atoms with Crippen molar-refractivity contribution in [3.05, 3.63) is 29.8 Å². The van der Waals surface area contributed by atoms with Crippen LogP contribution in [0.4, 0.5) is 13.2 Å². The highest BCUT2D eigenvalue weighted by Crippen LogP contribution is 2.25. The van der Waals surface area contributed by atoms with Crippen molar-refractivity contribution in [1.29, 1.82) is 0 Å². The molecule has 2 heterocycles. The molecule has 0 saturated carbocycles. The summed E-state index contributed by atoms with van der Waals surface area (Å²) in [5.41, 5.74) is 0.388. The van der Waals surface area contributed by atoms with E-state index in [-0.39, 0.29) is 11.7 Å². The number of halogens is 3. The zero-order valence-corrected chi connectivity index (χ0v) is 14.6. The van der Waals surface area contributed by atoms with Gasteiger partial charge in [0.15, 0.2) is 0 Å². The summed E-state index contributed by atoms with van der Waals surface area (Å²) in [6, 6.07) is 5.75. The Labute approximate surface area is 149 Å². The molecule has 0 N–H and O–H groups in total. The van der Waals surface area contributed by atoms with Crippen LogP contribution in [0, 0.1) is 0 Å². The van der Waals surface area contributed by atoms with Crippen molar-refractivity contribution in [3.8, 4) is 5.75 Å². The molecule has 8 heteroatoms. The molecule has 0 spiro atoms. The van der Waals surface area contributed by atoms with E-state index in [0.717, 1.165) is 25.3 Å². The number of benzene rings is 1. The van der Waals surface area contributed by atoms with Crippen molar-refractivity contribution >= 4 is 17.7 Å². The molecule has 2 aliphatic rings. The highest BCUT2D eigenvalue weighted by Gasteiger charge is 2.31. The van der Waals surface area contributed by atoms with Crippen LogP contribution in [0.25, 0.3) is 0 Å². The van der Waals surface area contributed by atoms with Crippen molar-refractivity contribution in [2.45, 2.75) is 25.2 Å². The van der Waals surface area contributed by atoms with E-state index >= 15 is 0 Å². The average molecular weight is 374 g/mol. The fraction of sp³-hybridized carbons (Fsp3) is 0.588. The van der Waals surface area contributed by atoms with E-state index < -0.39 is 6.36 Å². The second-order valence-corrected chi connectivity index (χ2v) is 7.42. The Morgan fingerprint density at radius 3 is 2.52 bits per heavy atom. The predicted molar refractivity (Wildman–Crippen MR) is 90.9 cm³/mol. The van der Waals surface area contributed by atoms with Crippen LogP contribution < -0.4 is 4.74 Å². The van der Waals surface area contributed by atoms with Gasteiger partial charge < -0.3 is 9.64 Å². The summed E-state index contributed by atoms with van der Waals surface area (Å²) in [4.78, 5) is 16.9. The lowest BCUT2D eigenvalue weighted by Gasteiger charge is -2.26. The third kappa shape index (κ3) is 5.04. The number of nitrogens with zero attached hydrogens (tertiary/aromatic N) is 2. The molecule has 3 rings (SSSR count). The Morgan fingerprint density at radius 2 is 1.88 bits per heavy atom. The van der Waals surface area contributed by atoms with E-state index in [2.05, 4.69) is 9.64 Å². The first-order valence-electron chi connectivity index (χ1n) is 8.39. The van der Waals surface area contributed by atoms with Crippen molar-refractivity contribution < 1.29 is 22.7 Å². The maximum atomic E-state index is 12.6. The van der Waals surface area contributed by atoms with E-state index in [0.29, 0.717) is 24.7 Å². The number of alkyl halides is 3. The number of hydrogen-bond acceptors (Lipinski definition) is 4. The number of thioether (sulfide) groups is 1. The maximum absolute atomic E-state index is 12.6. The van der Waals surface area contributed by atoms with Gasteiger partial charge >= 0.3 is 6.36 Å². The Balaban J connectivity index is 1.58. The van der Waals surface area contributed by atoms with E-state index in [1.165, 1.54) is 36.4 Å². The van der Waals surface area contributed by atoms with Crippen LogP contribution in [0.15, 0.2) is 24.3 Å². The number of rotatable bonds is 3. The molecule has 25 heavy (non-hydrogen) atoms. The van der Waals surface area contributed by atoms with Gasteiger partial charge in [0.25, 0.3) is 5.91 Å². The molecule has 1 unspecified atom stereocenters. The highest BCUT2D eigenvalue weighted by atomic mass is 32.2. The third-order valence-corrected chi connectivity index (χ3v) is 5.72. The quantitative estimate of drug-likeness (QED) is 0.813. The lowest BCUT2D eigenvalue weighted by Crippen LogP contribution is -2.39. The average Bonchev–Trinajstić information content (AvgIpc) is 2.98. The van der Waals surface area contributed by atoms with Crippen LogP contribution in [-0.4, -0.2) is 65.8 Å². The topological polar surface area (TPSA) is 32.8 Å². The summed E-state index contributed by atoms with van der Waals surface area (Å²) in [6.07, 6.45) is -2.60. The summed E-state index contributed by atoms with van der Waals surface area (Å²) in [5.74, 6) is 1.91. The second kappa shape index (κ2) is 7.86. The van der Waals surface area contributed by atoms with Gasteiger partial charge in [-0.1, -0.05) is 0 Å². The Hall–Kier alpha value is -1.41. The summed E-state index contributed by atoms with van der Waals surface area (Å²) < 4.78 is 40.4. The molecule has 138 valence electrons. The molecule has 0 aliphatic carbocycles. The second-order valence-electron chi connectivity index (χ2n) is 6.27. The van der Waals surface area contributed by atoms with Gasteiger partial charge in [0.2, 0.25) is 0 Å². The largest absolute Gasteiger partial charge is 0.573 e. The Bertz CT molecular complexity index is 589. The minimum Gasteiger partial charge on any atom is -0.406 e. The van der Waals surface area contributed by atoms with Gasteiger partial charge in [0, 0.05) is 43.5 Å². The highest BCUT2D eigenvalue weighted by molar-refractivity contribution is 7.99. The van der Waals surface area contributed by atoms with Crippen molar-refractivity contribution in [1.82, 2.24) is 9.80 Å². The normalized spacial score (nSPS) is 22.7. The van der Waals surface area contributed by atoms with Crippen LogP contribution in [0.5, 0.6) is 5.75 Å². The number of ether oxygens (including phenoxy) is 1. The lowest BCUT2D eigenvalue weighted by molar-refractivity contribution is -0.274. The summed E-state index contributed by atoms with van der Waals surface area (Å²) in [6.45, 7) is 3.18. The van der Waals surface area contributed by atoms with E-state index in [1.807, 2.05) is 11.8 Å². The zero-order valence-electron chi connectivity index (χ0n) is 13.8.